The van der Waals surface area contributed by atoms with Crippen LogP contribution in [0.3, 0.4) is 0 Å². The number of carboxylic acids is 1. The van der Waals surface area contributed by atoms with Crippen LogP contribution < -0.4 is 0 Å². The average Bonchev–Trinajstić information content (AvgIpc) is 3.01. The Kier molecular flexibility index (Phi) is 4.60. The molecule has 0 saturated carbocycles. The maximum Gasteiger partial charge on any atom is 0.356 e. The molecule has 2 heterocycles. The van der Waals surface area contributed by atoms with Gasteiger partial charge in [-0.2, -0.15) is 5.10 Å². The first-order valence-electron chi connectivity index (χ1n) is 7.89. The van der Waals surface area contributed by atoms with Crippen molar-refractivity contribution in [3.63, 3.8) is 0 Å². The lowest BCUT2D eigenvalue weighted by molar-refractivity contribution is 0.0689. The largest absolute Gasteiger partial charge is 0.476 e. The summed E-state index contributed by atoms with van der Waals surface area (Å²) in [7, 11) is -3.31. The van der Waals surface area contributed by atoms with Gasteiger partial charge in [-0.25, -0.2) is 17.9 Å². The minimum Gasteiger partial charge on any atom is -0.476 e. The fraction of sp³-hybridized carbons (Fsp3) is 0.167. The van der Waals surface area contributed by atoms with Crippen LogP contribution in [-0.4, -0.2) is 40.5 Å². The van der Waals surface area contributed by atoms with Crippen LogP contribution >= 0.6 is 0 Å². The van der Waals surface area contributed by atoms with Gasteiger partial charge in [0.2, 0.25) is 0 Å². The highest BCUT2D eigenvalue weighted by Gasteiger charge is 2.23. The lowest BCUT2D eigenvalue weighted by Gasteiger charge is -2.10. The molecule has 7 nitrogen and oxygen atoms in total. The van der Waals surface area contributed by atoms with Crippen molar-refractivity contribution >= 4 is 15.8 Å². The zero-order chi connectivity index (χ0) is 18.9. The second-order valence-corrected chi connectivity index (χ2v) is 7.76. The van der Waals surface area contributed by atoms with Crippen LogP contribution in [0.1, 0.15) is 23.0 Å². The molecule has 0 unspecified atom stereocenters. The first kappa shape index (κ1) is 17.8. The van der Waals surface area contributed by atoms with E-state index < -0.39 is 15.8 Å². The van der Waals surface area contributed by atoms with E-state index in [0.717, 1.165) is 6.26 Å². The summed E-state index contributed by atoms with van der Waals surface area (Å²) in [6.45, 7) is 1.86. The summed E-state index contributed by atoms with van der Waals surface area (Å²) in [6, 6.07) is 9.80. The number of aromatic carboxylic acids is 1. The third kappa shape index (κ3) is 3.23. The molecule has 0 bridgehead atoms. The van der Waals surface area contributed by atoms with Crippen molar-refractivity contribution < 1.29 is 18.3 Å². The Morgan fingerprint density at radius 3 is 2.23 bits per heavy atom. The average molecular weight is 371 g/mol. The van der Waals surface area contributed by atoms with Crippen molar-refractivity contribution in [3.8, 4) is 16.9 Å². The van der Waals surface area contributed by atoms with E-state index in [4.69, 9.17) is 0 Å². The standard InChI is InChI=1S/C18H17N3O4S/c1-3-15-16(18(22)23)20-21(13-8-10-19-11-9-13)17(15)12-4-6-14(7-5-12)26(2,24)25/h4-11H,3H2,1-2H3,(H,22,23). The third-order valence-electron chi connectivity index (χ3n) is 4.00. The van der Waals surface area contributed by atoms with Crippen LogP contribution in [0.5, 0.6) is 0 Å². The monoisotopic (exact) mass is 371 g/mol. The second kappa shape index (κ2) is 6.72. The molecule has 2 aromatic heterocycles. The van der Waals surface area contributed by atoms with Gasteiger partial charge in [-0.05, 0) is 30.7 Å². The fourth-order valence-electron chi connectivity index (χ4n) is 2.79. The molecule has 0 fully saturated rings. The summed E-state index contributed by atoms with van der Waals surface area (Å²) in [5.74, 6) is -1.11. The summed E-state index contributed by atoms with van der Waals surface area (Å²) in [5, 5.41) is 13.8. The number of sulfone groups is 1. The lowest BCUT2D eigenvalue weighted by Crippen LogP contribution is -2.02. The predicted octanol–water partition coefficient (Wildman–Crippen LogP) is 2.60. The predicted molar refractivity (Wildman–Crippen MR) is 96.2 cm³/mol. The second-order valence-electron chi connectivity index (χ2n) is 5.75. The molecule has 1 aromatic carbocycles. The number of nitrogens with zero attached hydrogens (tertiary/aromatic N) is 3. The summed E-state index contributed by atoms with van der Waals surface area (Å²) in [5.41, 5.74) is 2.54. The number of carboxylic acid groups (broad SMARTS) is 1. The van der Waals surface area contributed by atoms with Crippen LogP contribution in [0.4, 0.5) is 0 Å². The number of rotatable bonds is 5. The number of hydrogen-bond acceptors (Lipinski definition) is 5. The molecular formula is C18H17N3O4S. The van der Waals surface area contributed by atoms with Gasteiger partial charge in [0.05, 0.1) is 16.3 Å². The van der Waals surface area contributed by atoms with Gasteiger partial charge in [0.15, 0.2) is 15.5 Å². The number of hydrogen-bond donors (Lipinski definition) is 1. The fourth-order valence-corrected chi connectivity index (χ4v) is 3.42. The van der Waals surface area contributed by atoms with Gasteiger partial charge in [-0.15, -0.1) is 0 Å². The lowest BCUT2D eigenvalue weighted by atomic mass is 10.0. The molecule has 0 saturated heterocycles. The Morgan fingerprint density at radius 1 is 1.12 bits per heavy atom. The van der Waals surface area contributed by atoms with Crippen LogP contribution in [-0.2, 0) is 16.3 Å². The number of carbonyl (C=O) groups is 1. The Morgan fingerprint density at radius 2 is 1.73 bits per heavy atom. The molecule has 1 N–H and O–H groups in total. The van der Waals surface area contributed by atoms with Crippen molar-refractivity contribution in [2.75, 3.05) is 6.26 Å². The Labute approximate surface area is 150 Å². The Bertz CT molecular complexity index is 1060. The van der Waals surface area contributed by atoms with E-state index in [-0.39, 0.29) is 10.6 Å². The molecule has 8 heteroatoms. The Hall–Kier alpha value is -3.00. The highest BCUT2D eigenvalue weighted by atomic mass is 32.2. The number of aromatic nitrogens is 3. The normalized spacial score (nSPS) is 11.5. The first-order valence-corrected chi connectivity index (χ1v) is 9.78. The van der Waals surface area contributed by atoms with E-state index in [1.807, 2.05) is 6.92 Å². The molecule has 3 rings (SSSR count). The van der Waals surface area contributed by atoms with Gasteiger partial charge in [0, 0.05) is 29.8 Å². The van der Waals surface area contributed by atoms with Gasteiger partial charge in [-0.3, -0.25) is 4.98 Å². The molecule has 0 aliphatic rings. The minimum atomic E-state index is -3.31. The van der Waals surface area contributed by atoms with Crippen molar-refractivity contribution in [1.29, 1.82) is 0 Å². The molecule has 0 radical (unpaired) electrons. The van der Waals surface area contributed by atoms with Crippen molar-refractivity contribution in [3.05, 3.63) is 60.0 Å². The zero-order valence-corrected chi connectivity index (χ0v) is 15.1. The summed E-state index contributed by atoms with van der Waals surface area (Å²) < 4.78 is 24.9. The molecule has 0 atom stereocenters. The van der Waals surface area contributed by atoms with Crippen LogP contribution in [0, 0.1) is 0 Å². The molecule has 3 aromatic rings. The maximum atomic E-state index is 11.7. The summed E-state index contributed by atoms with van der Waals surface area (Å²) in [4.78, 5) is 15.8. The molecule has 0 aliphatic heterocycles. The van der Waals surface area contributed by atoms with E-state index in [9.17, 15) is 18.3 Å². The van der Waals surface area contributed by atoms with Crippen molar-refractivity contribution in [1.82, 2.24) is 14.8 Å². The molecular weight excluding hydrogens is 354 g/mol. The van der Waals surface area contributed by atoms with Gasteiger partial charge < -0.3 is 5.11 Å². The van der Waals surface area contributed by atoms with E-state index in [1.165, 1.54) is 12.1 Å². The van der Waals surface area contributed by atoms with E-state index in [2.05, 4.69) is 10.1 Å². The highest BCUT2D eigenvalue weighted by Crippen LogP contribution is 2.30. The van der Waals surface area contributed by atoms with E-state index in [1.54, 1.807) is 41.3 Å². The van der Waals surface area contributed by atoms with Crippen molar-refractivity contribution in [2.45, 2.75) is 18.2 Å². The molecule has 0 spiro atoms. The number of benzene rings is 1. The van der Waals surface area contributed by atoms with Gasteiger partial charge in [-0.1, -0.05) is 19.1 Å². The highest BCUT2D eigenvalue weighted by molar-refractivity contribution is 7.90. The minimum absolute atomic E-state index is 0.0218. The maximum absolute atomic E-state index is 11.7. The smallest absolute Gasteiger partial charge is 0.356 e. The number of pyridine rings is 1. The van der Waals surface area contributed by atoms with Crippen molar-refractivity contribution in [2.24, 2.45) is 0 Å². The summed E-state index contributed by atoms with van der Waals surface area (Å²) >= 11 is 0. The molecule has 0 amide bonds. The van der Waals surface area contributed by atoms with E-state index in [0.29, 0.717) is 28.9 Å². The van der Waals surface area contributed by atoms with Gasteiger partial charge >= 0.3 is 5.97 Å². The topological polar surface area (TPSA) is 102 Å². The Balaban J connectivity index is 2.26. The zero-order valence-electron chi connectivity index (χ0n) is 14.2. The first-order chi connectivity index (χ1) is 12.3. The quantitative estimate of drug-likeness (QED) is 0.740. The van der Waals surface area contributed by atoms with Gasteiger partial charge in [0.25, 0.3) is 0 Å². The van der Waals surface area contributed by atoms with Crippen LogP contribution in [0.2, 0.25) is 0 Å². The van der Waals surface area contributed by atoms with Gasteiger partial charge in [0.1, 0.15) is 0 Å². The molecule has 134 valence electrons. The molecule has 0 aliphatic carbocycles. The SMILES string of the molecule is CCc1c(C(=O)O)nn(-c2ccncc2)c1-c1ccc(S(C)(=O)=O)cc1. The third-order valence-corrected chi connectivity index (χ3v) is 5.13. The van der Waals surface area contributed by atoms with Crippen LogP contribution in [0.25, 0.3) is 16.9 Å². The molecule has 26 heavy (non-hydrogen) atoms. The summed E-state index contributed by atoms with van der Waals surface area (Å²) in [6.07, 6.45) is 4.80. The van der Waals surface area contributed by atoms with Crippen LogP contribution in [0.15, 0.2) is 53.7 Å². The van der Waals surface area contributed by atoms with E-state index >= 15 is 0 Å².